The summed E-state index contributed by atoms with van der Waals surface area (Å²) in [4.78, 5) is 3.82. The molecule has 0 bridgehead atoms. The molecule has 0 spiro atoms. The molecular weight excluding hydrogens is 206 g/mol. The zero-order valence-electron chi connectivity index (χ0n) is 7.67. The molecule has 78 valence electrons. The molecule has 1 heterocycles. The van der Waals surface area contributed by atoms with E-state index in [0.717, 1.165) is 0 Å². The lowest BCUT2D eigenvalue weighted by atomic mass is 10.4. The first kappa shape index (κ1) is 10.9. The van der Waals surface area contributed by atoms with Crippen LogP contribution in [0.3, 0.4) is 0 Å². The number of nitrogens with zero attached hydrogens (tertiary/aromatic N) is 1. The average molecular weight is 217 g/mol. The Morgan fingerprint density at radius 2 is 2.21 bits per heavy atom. The highest BCUT2D eigenvalue weighted by Crippen LogP contribution is 2.10. The van der Waals surface area contributed by atoms with Crippen molar-refractivity contribution in [2.45, 2.75) is 12.7 Å². The van der Waals surface area contributed by atoms with Crippen LogP contribution in [0.15, 0.2) is 18.3 Å². The predicted octanol–water partition coefficient (Wildman–Crippen LogP) is 0.868. The molecular formula is C8H11NO4S. The second-order valence-electron chi connectivity index (χ2n) is 2.64. The molecule has 0 aliphatic heterocycles. The largest absolute Gasteiger partial charge is 0.492 e. The molecule has 5 nitrogen and oxygen atoms in total. The fourth-order valence-electron chi connectivity index (χ4n) is 0.935. The molecule has 0 amide bonds. The molecule has 0 atom stereocenters. The maximum Gasteiger partial charge on any atom is 0.270 e. The summed E-state index contributed by atoms with van der Waals surface area (Å²) in [6, 6.07) is 3.11. The van der Waals surface area contributed by atoms with E-state index in [2.05, 4.69) is 4.98 Å². The molecule has 0 fully saturated rings. The molecule has 1 rings (SSSR count). The SMILES string of the molecule is CCOc1ccc(CS(=O)(=O)O)nc1. The van der Waals surface area contributed by atoms with Crippen LogP contribution in [-0.4, -0.2) is 24.6 Å². The first-order valence-corrected chi connectivity index (χ1v) is 5.65. The number of aromatic nitrogens is 1. The molecule has 6 heteroatoms. The van der Waals surface area contributed by atoms with Crippen LogP contribution >= 0.6 is 0 Å². The molecule has 0 unspecified atom stereocenters. The molecule has 0 aromatic carbocycles. The monoisotopic (exact) mass is 217 g/mol. The van der Waals surface area contributed by atoms with Crippen LogP contribution < -0.4 is 4.74 Å². The van der Waals surface area contributed by atoms with Gasteiger partial charge in [0.1, 0.15) is 11.5 Å². The minimum absolute atomic E-state index is 0.288. The summed E-state index contributed by atoms with van der Waals surface area (Å²) in [6.45, 7) is 2.37. The van der Waals surface area contributed by atoms with Crippen LogP contribution in [0.5, 0.6) is 5.75 Å². The van der Waals surface area contributed by atoms with Crippen LogP contribution in [0, 0.1) is 0 Å². The predicted molar refractivity (Wildman–Crippen MR) is 50.7 cm³/mol. The lowest BCUT2D eigenvalue weighted by Gasteiger charge is -2.02. The Labute approximate surface area is 82.5 Å². The minimum Gasteiger partial charge on any atom is -0.492 e. The standard InChI is InChI=1S/C8H11NO4S/c1-2-13-8-4-3-7(9-5-8)6-14(10,11)12/h3-5H,2,6H2,1H3,(H,10,11,12). The molecule has 0 radical (unpaired) electrons. The quantitative estimate of drug-likeness (QED) is 0.757. The van der Waals surface area contributed by atoms with Crippen LogP contribution in [0.1, 0.15) is 12.6 Å². The van der Waals surface area contributed by atoms with Gasteiger partial charge in [0.15, 0.2) is 0 Å². The highest BCUT2D eigenvalue weighted by Gasteiger charge is 2.07. The Morgan fingerprint density at radius 3 is 2.64 bits per heavy atom. The van der Waals surface area contributed by atoms with E-state index in [4.69, 9.17) is 9.29 Å². The third-order valence-corrected chi connectivity index (χ3v) is 2.10. The van der Waals surface area contributed by atoms with Gasteiger partial charge in [0.25, 0.3) is 10.1 Å². The molecule has 0 aliphatic rings. The van der Waals surface area contributed by atoms with Crippen molar-refractivity contribution in [1.82, 2.24) is 4.98 Å². The van der Waals surface area contributed by atoms with E-state index in [1.165, 1.54) is 12.3 Å². The van der Waals surface area contributed by atoms with E-state index in [9.17, 15) is 8.42 Å². The van der Waals surface area contributed by atoms with E-state index in [1.807, 2.05) is 6.92 Å². The molecule has 1 aromatic heterocycles. The topological polar surface area (TPSA) is 76.5 Å². The van der Waals surface area contributed by atoms with E-state index < -0.39 is 15.9 Å². The summed E-state index contributed by atoms with van der Waals surface area (Å²) in [5.41, 5.74) is 0.288. The van der Waals surface area contributed by atoms with Gasteiger partial charge in [-0.1, -0.05) is 0 Å². The minimum atomic E-state index is -4.01. The van der Waals surface area contributed by atoms with Gasteiger partial charge in [0, 0.05) is 0 Å². The van der Waals surface area contributed by atoms with Gasteiger partial charge in [0.2, 0.25) is 0 Å². The van der Waals surface area contributed by atoms with E-state index in [-0.39, 0.29) is 5.69 Å². The van der Waals surface area contributed by atoms with E-state index in [0.29, 0.717) is 12.4 Å². The van der Waals surface area contributed by atoms with Crippen LogP contribution in [-0.2, 0) is 15.9 Å². The number of pyridine rings is 1. The number of ether oxygens (including phenoxy) is 1. The molecule has 1 aromatic rings. The molecule has 14 heavy (non-hydrogen) atoms. The Kier molecular flexibility index (Phi) is 3.43. The lowest BCUT2D eigenvalue weighted by molar-refractivity contribution is 0.338. The zero-order chi connectivity index (χ0) is 10.6. The van der Waals surface area contributed by atoms with Gasteiger partial charge in [-0.15, -0.1) is 0 Å². The van der Waals surface area contributed by atoms with Crippen molar-refractivity contribution < 1.29 is 17.7 Å². The zero-order valence-corrected chi connectivity index (χ0v) is 8.49. The number of rotatable bonds is 4. The van der Waals surface area contributed by atoms with Gasteiger partial charge < -0.3 is 4.74 Å². The van der Waals surface area contributed by atoms with Crippen molar-refractivity contribution in [3.05, 3.63) is 24.0 Å². The van der Waals surface area contributed by atoms with Crippen molar-refractivity contribution in [1.29, 1.82) is 0 Å². The average Bonchev–Trinajstić information content (AvgIpc) is 2.06. The number of hydrogen-bond acceptors (Lipinski definition) is 4. The fourth-order valence-corrected chi connectivity index (χ4v) is 1.48. The van der Waals surface area contributed by atoms with Crippen molar-refractivity contribution in [3.63, 3.8) is 0 Å². The Morgan fingerprint density at radius 1 is 1.50 bits per heavy atom. The van der Waals surface area contributed by atoms with Gasteiger partial charge in [-0.3, -0.25) is 9.54 Å². The second kappa shape index (κ2) is 4.39. The summed E-state index contributed by atoms with van der Waals surface area (Å²) < 4.78 is 34.7. The Hall–Kier alpha value is -1.14. The maximum atomic E-state index is 10.5. The van der Waals surface area contributed by atoms with Crippen molar-refractivity contribution in [3.8, 4) is 5.75 Å². The van der Waals surface area contributed by atoms with Crippen molar-refractivity contribution in [2.24, 2.45) is 0 Å². The molecule has 0 saturated heterocycles. The first-order chi connectivity index (χ1) is 6.51. The molecule has 1 N–H and O–H groups in total. The second-order valence-corrected chi connectivity index (χ2v) is 4.10. The van der Waals surface area contributed by atoms with Gasteiger partial charge >= 0.3 is 0 Å². The summed E-state index contributed by atoms with van der Waals surface area (Å²) in [5, 5.41) is 0. The third kappa shape index (κ3) is 3.71. The van der Waals surface area contributed by atoms with Gasteiger partial charge in [-0.25, -0.2) is 0 Å². The highest BCUT2D eigenvalue weighted by atomic mass is 32.2. The van der Waals surface area contributed by atoms with Gasteiger partial charge in [-0.05, 0) is 19.1 Å². The summed E-state index contributed by atoms with van der Waals surface area (Å²) in [6.07, 6.45) is 1.42. The van der Waals surface area contributed by atoms with E-state index >= 15 is 0 Å². The normalized spacial score (nSPS) is 11.3. The molecule has 0 aliphatic carbocycles. The lowest BCUT2D eigenvalue weighted by Crippen LogP contribution is -2.03. The Bertz CT molecular complexity index is 384. The van der Waals surface area contributed by atoms with Crippen molar-refractivity contribution in [2.75, 3.05) is 6.61 Å². The van der Waals surface area contributed by atoms with Crippen LogP contribution in [0.25, 0.3) is 0 Å². The van der Waals surface area contributed by atoms with Crippen LogP contribution in [0.2, 0.25) is 0 Å². The summed E-state index contributed by atoms with van der Waals surface area (Å²) >= 11 is 0. The first-order valence-electron chi connectivity index (χ1n) is 4.04. The highest BCUT2D eigenvalue weighted by molar-refractivity contribution is 7.84. The smallest absolute Gasteiger partial charge is 0.270 e. The fraction of sp³-hybridized carbons (Fsp3) is 0.375. The number of hydrogen-bond donors (Lipinski definition) is 1. The van der Waals surface area contributed by atoms with Gasteiger partial charge in [0.05, 0.1) is 18.5 Å². The van der Waals surface area contributed by atoms with Crippen LogP contribution in [0.4, 0.5) is 0 Å². The molecule has 0 saturated carbocycles. The maximum absolute atomic E-state index is 10.5. The van der Waals surface area contributed by atoms with Gasteiger partial charge in [-0.2, -0.15) is 8.42 Å². The van der Waals surface area contributed by atoms with Crippen molar-refractivity contribution >= 4 is 10.1 Å². The summed E-state index contributed by atoms with van der Waals surface area (Å²) in [7, 11) is -4.01. The summed E-state index contributed by atoms with van der Waals surface area (Å²) in [5.74, 6) is 0.103. The Balaban J connectivity index is 2.74. The van der Waals surface area contributed by atoms with E-state index in [1.54, 1.807) is 6.07 Å². The third-order valence-electron chi connectivity index (χ3n) is 1.44.